The minimum absolute atomic E-state index is 0.0697. The van der Waals surface area contributed by atoms with Crippen LogP contribution >= 0.6 is 11.6 Å². The second kappa shape index (κ2) is 7.36. The number of halogens is 4. The molecule has 0 spiro atoms. The number of aromatic amines is 2. The van der Waals surface area contributed by atoms with Gasteiger partial charge >= 0.3 is 12.1 Å². The van der Waals surface area contributed by atoms with Crippen LogP contribution in [0.2, 0.25) is 0 Å². The maximum Gasteiger partial charge on any atom is 0.522 e. The Hall–Kier alpha value is -2.20. The molecule has 7 nitrogen and oxygen atoms in total. The molecule has 136 valence electrons. The smallest absolute Gasteiger partial charge is 0.313 e. The van der Waals surface area contributed by atoms with Gasteiger partial charge in [-0.15, -0.1) is 18.3 Å². The first kappa shape index (κ1) is 19.1. The van der Waals surface area contributed by atoms with Crippen molar-refractivity contribution in [3.05, 3.63) is 44.8 Å². The molecule has 1 aromatic rings. The fourth-order valence-electron chi connectivity index (χ4n) is 2.13. The Balaban J connectivity index is 2.00. The van der Waals surface area contributed by atoms with Crippen molar-refractivity contribution in [1.29, 1.82) is 0 Å². The van der Waals surface area contributed by atoms with E-state index >= 15 is 0 Å². The number of nitrogens with one attached hydrogen (secondary N) is 2. The van der Waals surface area contributed by atoms with Crippen molar-refractivity contribution in [3.8, 4) is 0 Å². The second-order valence-corrected chi connectivity index (χ2v) is 5.80. The van der Waals surface area contributed by atoms with Gasteiger partial charge in [0.05, 0.1) is 17.9 Å². The summed E-state index contributed by atoms with van der Waals surface area (Å²) in [6.45, 7) is 4.72. The van der Waals surface area contributed by atoms with E-state index in [1.165, 1.54) is 13.1 Å². The molecular formula is C14H14ClF3N4O3. The number of hydrogen-bond donors (Lipinski definition) is 2. The van der Waals surface area contributed by atoms with Crippen LogP contribution in [0.3, 0.4) is 0 Å². The zero-order chi connectivity index (χ0) is 18.8. The van der Waals surface area contributed by atoms with Crippen molar-refractivity contribution in [2.45, 2.75) is 19.7 Å². The first-order valence-electron chi connectivity index (χ1n) is 7.08. The minimum atomic E-state index is -4.67. The first-order valence-corrected chi connectivity index (χ1v) is 7.46. The topological polar surface area (TPSA) is 99.7 Å². The Morgan fingerprint density at radius 3 is 2.72 bits per heavy atom. The highest BCUT2D eigenvalue weighted by atomic mass is 35.5. The minimum Gasteiger partial charge on any atom is -0.313 e. The number of alkyl halides is 3. The van der Waals surface area contributed by atoms with Gasteiger partial charge in [-0.25, -0.2) is 4.79 Å². The summed E-state index contributed by atoms with van der Waals surface area (Å²) < 4.78 is 39.8. The summed E-state index contributed by atoms with van der Waals surface area (Å²) in [6, 6.07) is 0. The lowest BCUT2D eigenvalue weighted by molar-refractivity contribution is -0.326. The number of hydrogen-bond acceptors (Lipinski definition) is 5. The molecule has 1 saturated carbocycles. The van der Waals surface area contributed by atoms with Crippen LogP contribution in [-0.4, -0.2) is 33.8 Å². The predicted octanol–water partition coefficient (Wildman–Crippen LogP) is 2.15. The van der Waals surface area contributed by atoms with E-state index in [1.54, 1.807) is 0 Å². The van der Waals surface area contributed by atoms with Gasteiger partial charge in [0.15, 0.2) is 5.17 Å². The first-order chi connectivity index (χ1) is 11.6. The largest absolute Gasteiger partial charge is 0.522 e. The fraction of sp³-hybridized carbons (Fsp3) is 0.429. The molecule has 0 unspecified atom stereocenters. The van der Waals surface area contributed by atoms with Crippen molar-refractivity contribution in [2.24, 2.45) is 22.0 Å². The van der Waals surface area contributed by atoms with Gasteiger partial charge in [-0.1, -0.05) is 18.2 Å². The molecule has 2 atom stereocenters. The summed E-state index contributed by atoms with van der Waals surface area (Å²) in [5, 5.41) is 7.45. The van der Waals surface area contributed by atoms with E-state index in [4.69, 9.17) is 11.6 Å². The number of rotatable bonds is 6. The number of ether oxygens (including phenoxy) is 1. The van der Waals surface area contributed by atoms with E-state index in [0.717, 1.165) is 0 Å². The third-order valence-corrected chi connectivity index (χ3v) is 3.91. The Labute approximate surface area is 144 Å². The average Bonchev–Trinajstić information content (AvgIpc) is 3.28. The third-order valence-electron chi connectivity index (χ3n) is 3.59. The molecule has 2 N–H and O–H groups in total. The van der Waals surface area contributed by atoms with Crippen molar-refractivity contribution in [3.63, 3.8) is 0 Å². The Morgan fingerprint density at radius 1 is 1.44 bits per heavy atom. The molecule has 2 rings (SSSR count). The normalized spacial score (nSPS) is 21.3. The molecule has 11 heteroatoms. The van der Waals surface area contributed by atoms with E-state index in [1.807, 2.05) is 4.98 Å². The van der Waals surface area contributed by atoms with Crippen LogP contribution in [0.25, 0.3) is 0 Å². The Morgan fingerprint density at radius 2 is 2.12 bits per heavy atom. The highest BCUT2D eigenvalue weighted by Crippen LogP contribution is 2.45. The van der Waals surface area contributed by atoms with E-state index in [2.05, 4.69) is 26.5 Å². The standard InChI is InChI=1S/C14H14ClF3N4O3/c1-6(9-3-8(9)5-25-14(16,17)18)11(15)22-21-7(2)10-4-19-13(24)20-12(10)23/h4,8-9H,1,3,5H2,2H3,(H2,19,20,23,24)/b21-7+,22-11+/t8-,9-/m1/s1. The number of allylic oxidation sites excluding steroid dienone is 1. The fourth-order valence-corrected chi connectivity index (χ4v) is 2.31. The number of nitrogens with zero attached hydrogens (tertiary/aromatic N) is 2. The van der Waals surface area contributed by atoms with Gasteiger partial charge in [-0.05, 0) is 30.8 Å². The van der Waals surface area contributed by atoms with Crippen LogP contribution < -0.4 is 11.2 Å². The van der Waals surface area contributed by atoms with Gasteiger partial charge in [0.1, 0.15) is 0 Å². The van der Waals surface area contributed by atoms with Crippen molar-refractivity contribution < 1.29 is 17.9 Å². The lowest BCUT2D eigenvalue weighted by atomic mass is 10.2. The van der Waals surface area contributed by atoms with Crippen LogP contribution in [0.4, 0.5) is 13.2 Å². The zero-order valence-corrected chi connectivity index (χ0v) is 13.7. The van der Waals surface area contributed by atoms with E-state index in [0.29, 0.717) is 12.0 Å². The maximum atomic E-state index is 12.0. The second-order valence-electron chi connectivity index (χ2n) is 5.45. The van der Waals surface area contributed by atoms with Crippen molar-refractivity contribution in [1.82, 2.24) is 9.97 Å². The highest BCUT2D eigenvalue weighted by Gasteiger charge is 2.43. The molecule has 1 aliphatic carbocycles. The van der Waals surface area contributed by atoms with Gasteiger partial charge in [-0.2, -0.15) is 5.10 Å². The molecule has 0 amide bonds. The number of H-pyrrole nitrogens is 2. The number of aromatic nitrogens is 2. The lowest BCUT2D eigenvalue weighted by Crippen LogP contribution is -2.26. The molecular weight excluding hydrogens is 365 g/mol. The molecule has 25 heavy (non-hydrogen) atoms. The van der Waals surface area contributed by atoms with Gasteiger partial charge in [0, 0.05) is 6.20 Å². The third kappa shape index (κ3) is 5.40. The maximum absolute atomic E-state index is 12.0. The summed E-state index contributed by atoms with van der Waals surface area (Å²) in [5.74, 6) is -0.587. The summed E-state index contributed by atoms with van der Waals surface area (Å²) in [6.07, 6.45) is -3.02. The van der Waals surface area contributed by atoms with Gasteiger partial charge in [0.25, 0.3) is 5.56 Å². The molecule has 0 saturated heterocycles. The monoisotopic (exact) mass is 378 g/mol. The molecule has 1 aliphatic rings. The van der Waals surface area contributed by atoms with E-state index in [9.17, 15) is 22.8 Å². The van der Waals surface area contributed by atoms with Crippen LogP contribution in [-0.2, 0) is 4.74 Å². The molecule has 1 fully saturated rings. The molecule has 0 bridgehead atoms. The van der Waals surface area contributed by atoms with Crippen LogP contribution in [0.5, 0.6) is 0 Å². The van der Waals surface area contributed by atoms with E-state index in [-0.39, 0.29) is 28.3 Å². The molecule has 1 heterocycles. The van der Waals surface area contributed by atoms with Gasteiger partial charge < -0.3 is 4.98 Å². The zero-order valence-electron chi connectivity index (χ0n) is 13.0. The van der Waals surface area contributed by atoms with Crippen molar-refractivity contribution in [2.75, 3.05) is 6.61 Å². The summed E-state index contributed by atoms with van der Waals surface area (Å²) in [5.41, 5.74) is -0.652. The van der Waals surface area contributed by atoms with Gasteiger partial charge in [-0.3, -0.25) is 14.5 Å². The summed E-state index contributed by atoms with van der Waals surface area (Å²) in [7, 11) is 0. The van der Waals surface area contributed by atoms with Gasteiger partial charge in [0.2, 0.25) is 0 Å². The predicted molar refractivity (Wildman–Crippen MR) is 85.9 cm³/mol. The SMILES string of the molecule is C=C(/C(Cl)=N\N=C(/C)c1c[nH]c(=O)[nH]c1=O)[C@H]1C[C@@H]1COC(F)(F)F. The highest BCUT2D eigenvalue weighted by molar-refractivity contribution is 6.69. The summed E-state index contributed by atoms with van der Waals surface area (Å²) >= 11 is 5.95. The van der Waals surface area contributed by atoms with Crippen LogP contribution in [0.1, 0.15) is 18.9 Å². The summed E-state index contributed by atoms with van der Waals surface area (Å²) in [4.78, 5) is 26.9. The lowest BCUT2D eigenvalue weighted by Gasteiger charge is -2.07. The van der Waals surface area contributed by atoms with Crippen LogP contribution in [0, 0.1) is 11.8 Å². The Kier molecular flexibility index (Phi) is 5.63. The molecule has 0 radical (unpaired) electrons. The quantitative estimate of drug-likeness (QED) is 0.586. The van der Waals surface area contributed by atoms with Crippen LogP contribution in [0.15, 0.2) is 38.1 Å². The average molecular weight is 379 g/mol. The van der Waals surface area contributed by atoms with E-state index < -0.39 is 24.2 Å². The molecule has 1 aromatic heterocycles. The molecule has 0 aliphatic heterocycles. The Bertz CT molecular complexity index is 841. The molecule has 0 aromatic carbocycles. The van der Waals surface area contributed by atoms with Crippen molar-refractivity contribution >= 4 is 22.5 Å².